The monoisotopic (exact) mass is 405 g/mol. The fourth-order valence-electron chi connectivity index (χ4n) is 1.69. The Labute approximate surface area is 145 Å². The highest BCUT2D eigenvalue weighted by Gasteiger charge is 2.06. The van der Waals surface area contributed by atoms with Crippen molar-refractivity contribution in [2.45, 2.75) is 47.3 Å². The molecule has 0 saturated carbocycles. The van der Waals surface area contributed by atoms with Crippen molar-refractivity contribution in [3.63, 3.8) is 0 Å². The van der Waals surface area contributed by atoms with Crippen molar-refractivity contribution < 1.29 is 4.74 Å². The number of aliphatic imine (C=N–C) groups is 1. The summed E-state index contributed by atoms with van der Waals surface area (Å²) in [4.78, 5) is 4.37. The van der Waals surface area contributed by atoms with Crippen LogP contribution in [0.4, 0.5) is 0 Å². The lowest BCUT2D eigenvalue weighted by molar-refractivity contribution is 0.240. The molecule has 1 aromatic rings. The van der Waals surface area contributed by atoms with E-state index in [0.29, 0.717) is 18.4 Å². The third-order valence-corrected chi connectivity index (χ3v) is 2.70. The first-order valence-electron chi connectivity index (χ1n) is 7.18. The van der Waals surface area contributed by atoms with E-state index >= 15 is 0 Å². The second-order valence-electron chi connectivity index (χ2n) is 5.75. The molecule has 0 aliphatic carbocycles. The lowest BCUT2D eigenvalue weighted by Crippen LogP contribution is -2.34. The number of guanidine groups is 1. The van der Waals surface area contributed by atoms with E-state index in [-0.39, 0.29) is 30.1 Å². The normalized spacial score (nSPS) is 11.5. The number of aryl methyl sites for hydroxylation is 1. The Hall–Kier alpha value is -0.980. The Kier molecular flexibility index (Phi) is 9.41. The molecule has 0 heterocycles. The molecule has 0 unspecified atom stereocenters. The minimum atomic E-state index is 0. The highest BCUT2D eigenvalue weighted by molar-refractivity contribution is 14.0. The molecule has 1 rings (SSSR count). The van der Waals surface area contributed by atoms with Crippen LogP contribution in [0.25, 0.3) is 0 Å². The maximum atomic E-state index is 5.85. The third kappa shape index (κ3) is 8.14. The fraction of sp³-hybridized carbons (Fsp3) is 0.562. The van der Waals surface area contributed by atoms with Crippen LogP contribution in [0.3, 0.4) is 0 Å². The van der Waals surface area contributed by atoms with Gasteiger partial charge in [0.15, 0.2) is 5.96 Å². The summed E-state index contributed by atoms with van der Waals surface area (Å²) in [5.41, 5.74) is 8.08. The summed E-state index contributed by atoms with van der Waals surface area (Å²) in [7, 11) is 0. The average Bonchev–Trinajstić information content (AvgIpc) is 2.34. The van der Waals surface area contributed by atoms with Gasteiger partial charge in [-0.3, -0.25) is 0 Å². The number of rotatable bonds is 6. The Morgan fingerprint density at radius 2 is 1.95 bits per heavy atom. The van der Waals surface area contributed by atoms with Crippen molar-refractivity contribution in [3.8, 4) is 5.75 Å². The van der Waals surface area contributed by atoms with Gasteiger partial charge in [0, 0.05) is 12.1 Å². The lowest BCUT2D eigenvalue weighted by Gasteiger charge is -2.14. The van der Waals surface area contributed by atoms with E-state index in [4.69, 9.17) is 10.5 Å². The molecule has 0 amide bonds. The summed E-state index contributed by atoms with van der Waals surface area (Å²) in [6.45, 7) is 11.7. The molecule has 0 bridgehead atoms. The van der Waals surface area contributed by atoms with Gasteiger partial charge in [-0.25, -0.2) is 4.99 Å². The Morgan fingerprint density at radius 3 is 2.52 bits per heavy atom. The molecule has 21 heavy (non-hydrogen) atoms. The number of nitrogens with one attached hydrogen (secondary N) is 1. The summed E-state index contributed by atoms with van der Waals surface area (Å²) >= 11 is 0. The van der Waals surface area contributed by atoms with Crippen LogP contribution >= 0.6 is 24.0 Å². The van der Waals surface area contributed by atoms with Crippen LogP contribution in [0.1, 0.15) is 38.8 Å². The van der Waals surface area contributed by atoms with Gasteiger partial charge in [0.1, 0.15) is 5.75 Å². The summed E-state index contributed by atoms with van der Waals surface area (Å²) in [6.07, 6.45) is 0.149. The van der Waals surface area contributed by atoms with Crippen molar-refractivity contribution in [3.05, 3.63) is 29.3 Å². The number of nitrogens with two attached hydrogens (primary N) is 1. The summed E-state index contributed by atoms with van der Waals surface area (Å²) in [5.74, 6) is 1.91. The first kappa shape index (κ1) is 20.0. The van der Waals surface area contributed by atoms with Gasteiger partial charge in [0.05, 0.1) is 12.6 Å². The smallest absolute Gasteiger partial charge is 0.188 e. The van der Waals surface area contributed by atoms with E-state index in [2.05, 4.69) is 37.1 Å². The van der Waals surface area contributed by atoms with Gasteiger partial charge in [-0.15, -0.1) is 24.0 Å². The molecule has 0 atom stereocenters. The SMILES string of the molecule is Cc1ccc(CN=C(N)NCC(C)C)c(OC(C)C)c1.I. The van der Waals surface area contributed by atoms with Gasteiger partial charge < -0.3 is 15.8 Å². The summed E-state index contributed by atoms with van der Waals surface area (Å²) < 4.78 is 5.83. The van der Waals surface area contributed by atoms with E-state index < -0.39 is 0 Å². The van der Waals surface area contributed by atoms with Crippen LogP contribution in [0.15, 0.2) is 23.2 Å². The zero-order valence-electron chi connectivity index (χ0n) is 13.6. The maximum Gasteiger partial charge on any atom is 0.188 e. The highest BCUT2D eigenvalue weighted by atomic mass is 127. The second-order valence-corrected chi connectivity index (χ2v) is 5.75. The molecule has 5 heteroatoms. The molecule has 1 aromatic carbocycles. The van der Waals surface area contributed by atoms with E-state index in [1.165, 1.54) is 5.56 Å². The van der Waals surface area contributed by atoms with E-state index in [1.54, 1.807) is 0 Å². The van der Waals surface area contributed by atoms with Gasteiger partial charge >= 0.3 is 0 Å². The number of hydrogen-bond donors (Lipinski definition) is 2. The molecule has 0 aliphatic rings. The Balaban J connectivity index is 0.00000400. The number of ether oxygens (including phenoxy) is 1. The molecule has 0 fully saturated rings. The van der Waals surface area contributed by atoms with Gasteiger partial charge in [-0.05, 0) is 38.3 Å². The van der Waals surface area contributed by atoms with Gasteiger partial charge in [0.25, 0.3) is 0 Å². The van der Waals surface area contributed by atoms with Gasteiger partial charge in [0.2, 0.25) is 0 Å². The standard InChI is InChI=1S/C16H27N3O.HI/c1-11(2)9-18-16(17)19-10-14-7-6-13(5)8-15(14)20-12(3)4;/h6-8,11-12H,9-10H2,1-5H3,(H3,17,18,19);1H. The van der Waals surface area contributed by atoms with Crippen LogP contribution in [-0.2, 0) is 6.54 Å². The zero-order chi connectivity index (χ0) is 15.1. The van der Waals surface area contributed by atoms with Crippen molar-refractivity contribution >= 4 is 29.9 Å². The molecule has 0 aliphatic heterocycles. The van der Waals surface area contributed by atoms with Crippen molar-refractivity contribution in [2.24, 2.45) is 16.6 Å². The summed E-state index contributed by atoms with van der Waals surface area (Å²) in [6, 6.07) is 6.16. The molecule has 0 spiro atoms. The van der Waals surface area contributed by atoms with Gasteiger partial charge in [-0.2, -0.15) is 0 Å². The van der Waals surface area contributed by atoms with Crippen molar-refractivity contribution in [1.29, 1.82) is 0 Å². The first-order valence-corrected chi connectivity index (χ1v) is 7.18. The third-order valence-electron chi connectivity index (χ3n) is 2.70. The maximum absolute atomic E-state index is 5.85. The fourth-order valence-corrected chi connectivity index (χ4v) is 1.69. The van der Waals surface area contributed by atoms with Gasteiger partial charge in [-0.1, -0.05) is 26.0 Å². The molecule has 3 N–H and O–H groups in total. The topological polar surface area (TPSA) is 59.6 Å². The predicted octanol–water partition coefficient (Wildman–Crippen LogP) is 3.46. The molecule has 0 radical (unpaired) electrons. The predicted molar refractivity (Wildman–Crippen MR) is 101 cm³/mol. The second kappa shape index (κ2) is 9.87. The number of nitrogens with zero attached hydrogens (tertiary/aromatic N) is 1. The molecular formula is C16H28IN3O. The lowest BCUT2D eigenvalue weighted by atomic mass is 10.1. The minimum absolute atomic E-state index is 0. The number of halogens is 1. The minimum Gasteiger partial charge on any atom is -0.491 e. The van der Waals surface area contributed by atoms with E-state index in [1.807, 2.05) is 26.0 Å². The molecule has 4 nitrogen and oxygen atoms in total. The van der Waals surface area contributed by atoms with Crippen LogP contribution in [0, 0.1) is 12.8 Å². The Morgan fingerprint density at radius 1 is 1.29 bits per heavy atom. The van der Waals surface area contributed by atoms with Crippen LogP contribution < -0.4 is 15.8 Å². The molecular weight excluding hydrogens is 377 g/mol. The van der Waals surface area contributed by atoms with E-state index in [9.17, 15) is 0 Å². The van der Waals surface area contributed by atoms with Crippen LogP contribution in [0.5, 0.6) is 5.75 Å². The number of hydrogen-bond acceptors (Lipinski definition) is 2. The molecule has 0 saturated heterocycles. The zero-order valence-corrected chi connectivity index (χ0v) is 16.0. The highest BCUT2D eigenvalue weighted by Crippen LogP contribution is 2.22. The number of benzene rings is 1. The van der Waals surface area contributed by atoms with Crippen molar-refractivity contribution in [1.82, 2.24) is 5.32 Å². The Bertz CT molecular complexity index is 459. The van der Waals surface area contributed by atoms with Crippen LogP contribution in [0.2, 0.25) is 0 Å². The molecule has 0 aromatic heterocycles. The van der Waals surface area contributed by atoms with Crippen molar-refractivity contribution in [2.75, 3.05) is 6.54 Å². The largest absolute Gasteiger partial charge is 0.491 e. The first-order chi connectivity index (χ1) is 9.38. The average molecular weight is 405 g/mol. The summed E-state index contributed by atoms with van der Waals surface area (Å²) in [5, 5.41) is 3.11. The quantitative estimate of drug-likeness (QED) is 0.433. The molecule has 120 valence electrons. The van der Waals surface area contributed by atoms with E-state index in [0.717, 1.165) is 17.9 Å². The van der Waals surface area contributed by atoms with Crippen LogP contribution in [-0.4, -0.2) is 18.6 Å².